The second kappa shape index (κ2) is 6.43. The summed E-state index contributed by atoms with van der Waals surface area (Å²) in [4.78, 5) is 16.5. The number of halogens is 4. The van der Waals surface area contributed by atoms with E-state index in [0.29, 0.717) is 11.3 Å². The Hall–Kier alpha value is -2.08. The summed E-state index contributed by atoms with van der Waals surface area (Å²) in [6, 6.07) is 5.88. The summed E-state index contributed by atoms with van der Waals surface area (Å²) < 4.78 is 38.3. The van der Waals surface area contributed by atoms with Crippen LogP contribution in [-0.4, -0.2) is 10.9 Å². The standard InChI is InChI=1S/C17H16ClF3N2O/c1-16(2,3)14-8-10(6-7-22-14)15(24)23-13-9-11(17(19,20)21)4-5-12(13)18/h4-9H,1-3H3,(H,23,24). The highest BCUT2D eigenvalue weighted by Gasteiger charge is 2.31. The molecule has 0 aliphatic heterocycles. The van der Waals surface area contributed by atoms with Gasteiger partial charge in [0.1, 0.15) is 0 Å². The van der Waals surface area contributed by atoms with Gasteiger partial charge in [-0.25, -0.2) is 0 Å². The van der Waals surface area contributed by atoms with Gasteiger partial charge in [-0.3, -0.25) is 9.78 Å². The van der Waals surface area contributed by atoms with Crippen molar-refractivity contribution in [2.75, 3.05) is 5.32 Å². The fourth-order valence-electron chi connectivity index (χ4n) is 1.97. The molecule has 0 radical (unpaired) electrons. The number of alkyl halides is 3. The van der Waals surface area contributed by atoms with Crippen molar-refractivity contribution < 1.29 is 18.0 Å². The zero-order valence-electron chi connectivity index (χ0n) is 13.3. The predicted octanol–water partition coefficient (Wildman–Crippen LogP) is 5.30. The molecule has 0 aliphatic rings. The van der Waals surface area contributed by atoms with Crippen LogP contribution < -0.4 is 5.32 Å². The molecule has 3 nitrogen and oxygen atoms in total. The van der Waals surface area contributed by atoms with Crippen LogP contribution in [0, 0.1) is 0 Å². The smallest absolute Gasteiger partial charge is 0.321 e. The first-order chi connectivity index (χ1) is 11.0. The maximum absolute atomic E-state index is 12.8. The lowest BCUT2D eigenvalue weighted by atomic mass is 9.91. The van der Waals surface area contributed by atoms with E-state index in [1.54, 1.807) is 6.07 Å². The van der Waals surface area contributed by atoms with Crippen LogP contribution in [0.4, 0.5) is 18.9 Å². The normalized spacial score (nSPS) is 12.1. The topological polar surface area (TPSA) is 42.0 Å². The van der Waals surface area contributed by atoms with Crippen molar-refractivity contribution in [3.63, 3.8) is 0 Å². The zero-order chi connectivity index (χ0) is 18.1. The van der Waals surface area contributed by atoms with E-state index >= 15 is 0 Å². The number of benzene rings is 1. The maximum atomic E-state index is 12.8. The van der Waals surface area contributed by atoms with Crippen LogP contribution >= 0.6 is 11.6 Å². The van der Waals surface area contributed by atoms with Crippen molar-refractivity contribution in [2.45, 2.75) is 32.4 Å². The van der Waals surface area contributed by atoms with E-state index in [0.717, 1.165) is 18.2 Å². The van der Waals surface area contributed by atoms with E-state index in [9.17, 15) is 18.0 Å². The predicted molar refractivity (Wildman–Crippen MR) is 87.3 cm³/mol. The quantitative estimate of drug-likeness (QED) is 0.793. The molecule has 0 unspecified atom stereocenters. The van der Waals surface area contributed by atoms with Crippen molar-refractivity contribution in [3.8, 4) is 0 Å². The Balaban J connectivity index is 2.30. The molecular formula is C17H16ClF3N2O. The van der Waals surface area contributed by atoms with Gasteiger partial charge >= 0.3 is 6.18 Å². The second-order valence-electron chi connectivity index (χ2n) is 6.33. The Morgan fingerprint density at radius 3 is 2.38 bits per heavy atom. The number of anilines is 1. The molecule has 0 saturated carbocycles. The Morgan fingerprint density at radius 1 is 1.12 bits per heavy atom. The molecule has 0 fully saturated rings. The zero-order valence-corrected chi connectivity index (χ0v) is 14.1. The molecule has 0 spiro atoms. The minimum atomic E-state index is -4.51. The van der Waals surface area contributed by atoms with Crippen LogP contribution in [0.5, 0.6) is 0 Å². The molecule has 2 aromatic rings. The lowest BCUT2D eigenvalue weighted by Gasteiger charge is -2.18. The van der Waals surface area contributed by atoms with E-state index in [1.807, 2.05) is 20.8 Å². The van der Waals surface area contributed by atoms with Gasteiger partial charge in [0.15, 0.2) is 0 Å². The average molecular weight is 357 g/mol. The van der Waals surface area contributed by atoms with Gasteiger partial charge in [0.25, 0.3) is 5.91 Å². The van der Waals surface area contributed by atoms with Gasteiger partial charge in [0.2, 0.25) is 0 Å². The molecule has 1 N–H and O–H groups in total. The number of nitrogens with one attached hydrogen (secondary N) is 1. The molecule has 0 saturated heterocycles. The van der Waals surface area contributed by atoms with Crippen LogP contribution in [0.3, 0.4) is 0 Å². The van der Waals surface area contributed by atoms with Crippen molar-refractivity contribution >= 4 is 23.2 Å². The van der Waals surface area contributed by atoms with Gasteiger partial charge in [-0.05, 0) is 30.3 Å². The third-order valence-corrected chi connectivity index (χ3v) is 3.66. The molecular weight excluding hydrogens is 341 g/mol. The number of amides is 1. The Kier molecular flexibility index (Phi) is 4.90. The Morgan fingerprint density at radius 2 is 1.79 bits per heavy atom. The number of pyridine rings is 1. The number of rotatable bonds is 2. The average Bonchev–Trinajstić information content (AvgIpc) is 2.47. The number of hydrogen-bond donors (Lipinski definition) is 1. The highest BCUT2D eigenvalue weighted by molar-refractivity contribution is 6.34. The highest BCUT2D eigenvalue weighted by Crippen LogP contribution is 2.34. The van der Waals surface area contributed by atoms with E-state index in [-0.39, 0.29) is 16.1 Å². The molecule has 0 atom stereocenters. The first-order valence-electron chi connectivity index (χ1n) is 7.13. The minimum absolute atomic E-state index is 0.0291. The number of nitrogens with zero attached hydrogens (tertiary/aromatic N) is 1. The summed E-state index contributed by atoms with van der Waals surface area (Å²) in [6.45, 7) is 5.84. The van der Waals surface area contributed by atoms with Gasteiger partial charge in [-0.15, -0.1) is 0 Å². The Bertz CT molecular complexity index is 767. The third kappa shape index (κ3) is 4.26. The maximum Gasteiger partial charge on any atom is 0.416 e. The summed E-state index contributed by atoms with van der Waals surface area (Å²) in [7, 11) is 0. The number of hydrogen-bond acceptors (Lipinski definition) is 2. The monoisotopic (exact) mass is 356 g/mol. The van der Waals surface area contributed by atoms with Crippen molar-refractivity contribution in [1.29, 1.82) is 0 Å². The van der Waals surface area contributed by atoms with E-state index < -0.39 is 17.6 Å². The fourth-order valence-corrected chi connectivity index (χ4v) is 2.14. The van der Waals surface area contributed by atoms with Crippen LogP contribution in [0.1, 0.15) is 42.4 Å². The van der Waals surface area contributed by atoms with Crippen molar-refractivity contribution in [1.82, 2.24) is 4.98 Å². The summed E-state index contributed by atoms with van der Waals surface area (Å²) in [5.41, 5.74) is -0.240. The molecule has 1 amide bonds. The minimum Gasteiger partial charge on any atom is -0.321 e. The lowest BCUT2D eigenvalue weighted by molar-refractivity contribution is -0.137. The van der Waals surface area contributed by atoms with E-state index in [4.69, 9.17) is 11.6 Å². The molecule has 24 heavy (non-hydrogen) atoms. The molecule has 1 aromatic heterocycles. The van der Waals surface area contributed by atoms with E-state index in [1.165, 1.54) is 12.3 Å². The summed E-state index contributed by atoms with van der Waals surface area (Å²) in [5.74, 6) is -0.552. The van der Waals surface area contributed by atoms with Crippen LogP contribution in [0.15, 0.2) is 36.5 Å². The SMILES string of the molecule is CC(C)(C)c1cc(C(=O)Nc2cc(C(F)(F)F)ccc2Cl)ccn1. The van der Waals surface area contributed by atoms with Gasteiger partial charge in [0.05, 0.1) is 16.3 Å². The van der Waals surface area contributed by atoms with Gasteiger partial charge in [-0.2, -0.15) is 13.2 Å². The van der Waals surface area contributed by atoms with Gasteiger partial charge in [0, 0.05) is 22.9 Å². The second-order valence-corrected chi connectivity index (χ2v) is 6.73. The molecule has 0 bridgehead atoms. The third-order valence-electron chi connectivity index (χ3n) is 3.33. The summed E-state index contributed by atoms with van der Waals surface area (Å²) in [6.07, 6.45) is -3.02. The van der Waals surface area contributed by atoms with Crippen LogP contribution in [0.2, 0.25) is 5.02 Å². The van der Waals surface area contributed by atoms with Crippen LogP contribution in [0.25, 0.3) is 0 Å². The fraction of sp³-hybridized carbons (Fsp3) is 0.294. The molecule has 1 aromatic carbocycles. The van der Waals surface area contributed by atoms with Crippen molar-refractivity contribution in [3.05, 3.63) is 58.4 Å². The number of carbonyl (C=O) groups excluding carboxylic acids is 1. The lowest BCUT2D eigenvalue weighted by Crippen LogP contribution is -2.17. The first kappa shape index (κ1) is 18.3. The highest BCUT2D eigenvalue weighted by atomic mass is 35.5. The van der Waals surface area contributed by atoms with Gasteiger partial charge < -0.3 is 5.32 Å². The van der Waals surface area contributed by atoms with E-state index in [2.05, 4.69) is 10.3 Å². The largest absolute Gasteiger partial charge is 0.416 e. The number of aromatic nitrogens is 1. The molecule has 2 rings (SSSR count). The van der Waals surface area contributed by atoms with Crippen molar-refractivity contribution in [2.24, 2.45) is 0 Å². The summed E-state index contributed by atoms with van der Waals surface area (Å²) in [5, 5.41) is 2.45. The summed E-state index contributed by atoms with van der Waals surface area (Å²) >= 11 is 5.89. The number of carbonyl (C=O) groups is 1. The molecule has 0 aliphatic carbocycles. The molecule has 1 heterocycles. The molecule has 7 heteroatoms. The van der Waals surface area contributed by atoms with Gasteiger partial charge in [-0.1, -0.05) is 32.4 Å². The van der Waals surface area contributed by atoms with Crippen LogP contribution in [-0.2, 0) is 11.6 Å². The first-order valence-corrected chi connectivity index (χ1v) is 7.51. The molecule has 128 valence electrons. The Labute approximate surface area is 142 Å².